The topological polar surface area (TPSA) is 49.9 Å². The van der Waals surface area contributed by atoms with Crippen LogP contribution >= 0.6 is 27.7 Å². The molecule has 1 saturated heterocycles. The van der Waals surface area contributed by atoms with Gasteiger partial charge in [0.2, 0.25) is 0 Å². The third-order valence-electron chi connectivity index (χ3n) is 6.47. The Morgan fingerprint density at radius 1 is 1.21 bits per heavy atom. The maximum atomic E-state index is 13.1. The summed E-state index contributed by atoms with van der Waals surface area (Å²) in [5, 5.41) is -0.252. The van der Waals surface area contributed by atoms with Gasteiger partial charge in [-0.2, -0.15) is 0 Å². The number of ether oxygens (including phenoxy) is 1. The van der Waals surface area contributed by atoms with E-state index in [9.17, 15) is 9.59 Å². The van der Waals surface area contributed by atoms with Gasteiger partial charge in [0.1, 0.15) is 5.75 Å². The zero-order valence-corrected chi connectivity index (χ0v) is 22.0. The Bertz CT molecular complexity index is 1130. The Balaban J connectivity index is 1.67. The molecule has 4 rings (SSSR count). The number of rotatable bonds is 5. The predicted molar refractivity (Wildman–Crippen MR) is 139 cm³/mol. The van der Waals surface area contributed by atoms with Crippen molar-refractivity contribution in [3.8, 4) is 5.75 Å². The highest BCUT2D eigenvalue weighted by Crippen LogP contribution is 2.46. The average molecular weight is 530 g/mol. The molecular formula is C26H29BrN2O3S. The first-order valence-corrected chi connectivity index (χ1v) is 12.7. The first kappa shape index (κ1) is 23.9. The number of methoxy groups -OCH3 is 1. The minimum atomic E-state index is -0.267. The van der Waals surface area contributed by atoms with E-state index < -0.39 is 0 Å². The molecule has 5 nitrogen and oxygen atoms in total. The van der Waals surface area contributed by atoms with Gasteiger partial charge >= 0.3 is 0 Å². The molecule has 0 N–H and O–H groups in total. The van der Waals surface area contributed by atoms with E-state index in [2.05, 4.69) is 60.7 Å². The van der Waals surface area contributed by atoms with Crippen LogP contribution in [-0.2, 0) is 11.3 Å². The Morgan fingerprint density at radius 2 is 1.91 bits per heavy atom. The first-order valence-electron chi connectivity index (χ1n) is 11.1. The number of benzene rings is 2. The van der Waals surface area contributed by atoms with Crippen LogP contribution in [0, 0.1) is 0 Å². The Morgan fingerprint density at radius 3 is 2.55 bits per heavy atom. The lowest BCUT2D eigenvalue weighted by Crippen LogP contribution is -2.48. The summed E-state index contributed by atoms with van der Waals surface area (Å²) < 4.78 is 6.68. The summed E-state index contributed by atoms with van der Waals surface area (Å²) >= 11 is 4.40. The van der Waals surface area contributed by atoms with Gasteiger partial charge in [-0.15, -0.1) is 0 Å². The highest BCUT2D eigenvalue weighted by Gasteiger charge is 2.37. The smallest absolute Gasteiger partial charge is 0.293 e. The quantitative estimate of drug-likeness (QED) is 0.399. The van der Waals surface area contributed by atoms with Crippen LogP contribution in [0.3, 0.4) is 0 Å². The van der Waals surface area contributed by atoms with Crippen molar-refractivity contribution in [2.45, 2.75) is 52.1 Å². The maximum Gasteiger partial charge on any atom is 0.293 e. The summed E-state index contributed by atoms with van der Waals surface area (Å²) in [7, 11) is 1.64. The van der Waals surface area contributed by atoms with Gasteiger partial charge in [0, 0.05) is 33.9 Å². The third kappa shape index (κ3) is 4.58. The predicted octanol–water partition coefficient (Wildman–Crippen LogP) is 6.81. The highest BCUT2D eigenvalue weighted by atomic mass is 79.9. The molecule has 7 heteroatoms. The maximum absolute atomic E-state index is 13.1. The molecule has 2 aromatic carbocycles. The van der Waals surface area contributed by atoms with E-state index in [-0.39, 0.29) is 23.2 Å². The van der Waals surface area contributed by atoms with E-state index in [1.807, 2.05) is 24.3 Å². The minimum Gasteiger partial charge on any atom is -0.496 e. The van der Waals surface area contributed by atoms with Crippen molar-refractivity contribution < 1.29 is 14.3 Å². The molecule has 1 atom stereocenters. The third-order valence-corrected chi connectivity index (χ3v) is 7.90. The van der Waals surface area contributed by atoms with E-state index >= 15 is 0 Å². The number of fused-ring (bicyclic) bond motifs is 1. The number of hydrogen-bond donors (Lipinski definition) is 0. The molecule has 0 aliphatic carbocycles. The molecule has 0 saturated carbocycles. The molecule has 2 amide bonds. The van der Waals surface area contributed by atoms with E-state index in [1.165, 1.54) is 16.2 Å². The lowest BCUT2D eigenvalue weighted by atomic mass is 9.79. The number of amides is 2. The van der Waals surface area contributed by atoms with Gasteiger partial charge in [-0.25, -0.2) is 0 Å². The second-order valence-electron chi connectivity index (χ2n) is 9.21. The van der Waals surface area contributed by atoms with Crippen LogP contribution < -0.4 is 9.64 Å². The van der Waals surface area contributed by atoms with Crippen molar-refractivity contribution in [1.82, 2.24) is 4.90 Å². The Hall–Kier alpha value is -2.25. The number of carbonyl (C=O) groups is 2. The molecule has 2 aliphatic heterocycles. The van der Waals surface area contributed by atoms with Crippen LogP contribution in [0.2, 0.25) is 0 Å². The van der Waals surface area contributed by atoms with Crippen LogP contribution in [0.5, 0.6) is 5.75 Å². The molecule has 0 aromatic heterocycles. The van der Waals surface area contributed by atoms with Crippen molar-refractivity contribution in [2.24, 2.45) is 0 Å². The molecule has 2 aliphatic rings. The van der Waals surface area contributed by atoms with Crippen LogP contribution in [0.1, 0.15) is 56.7 Å². The SMILES string of the molecule is CCN1c2cc(OC)c(/C=C3/SC(=O)N(Cc4ccc(Br)cc4)C3=O)cc2C(C)CC1(C)C. The lowest BCUT2D eigenvalue weighted by molar-refractivity contribution is -0.123. The normalized spacial score (nSPS) is 21.0. The molecule has 0 spiro atoms. The number of hydrogen-bond acceptors (Lipinski definition) is 5. The van der Waals surface area contributed by atoms with E-state index in [0.717, 1.165) is 40.3 Å². The fourth-order valence-corrected chi connectivity index (χ4v) is 6.06. The number of carbonyl (C=O) groups excluding carboxylic acids is 2. The van der Waals surface area contributed by atoms with Crippen molar-refractivity contribution >= 4 is 50.6 Å². The number of nitrogens with zero attached hydrogens (tertiary/aromatic N) is 2. The minimum absolute atomic E-state index is 0.0589. The largest absolute Gasteiger partial charge is 0.496 e. The Kier molecular flexibility index (Phi) is 6.65. The molecule has 0 radical (unpaired) electrons. The summed E-state index contributed by atoms with van der Waals surface area (Å²) in [4.78, 5) is 29.9. The second-order valence-corrected chi connectivity index (χ2v) is 11.1. The second kappa shape index (κ2) is 9.18. The average Bonchev–Trinajstić information content (AvgIpc) is 3.02. The zero-order valence-electron chi connectivity index (χ0n) is 19.6. The fourth-order valence-electron chi connectivity index (χ4n) is 4.97. The number of imide groups is 1. The molecule has 33 heavy (non-hydrogen) atoms. The summed E-state index contributed by atoms with van der Waals surface area (Å²) in [5.74, 6) is 0.817. The van der Waals surface area contributed by atoms with Crippen LogP contribution in [0.15, 0.2) is 45.8 Å². The molecule has 0 bridgehead atoms. The van der Waals surface area contributed by atoms with Gasteiger partial charge in [0.25, 0.3) is 11.1 Å². The molecule has 1 unspecified atom stereocenters. The summed E-state index contributed by atoms with van der Waals surface area (Å²) in [5.41, 5.74) is 4.22. The van der Waals surface area contributed by atoms with E-state index in [0.29, 0.717) is 16.6 Å². The lowest BCUT2D eigenvalue weighted by Gasteiger charge is -2.47. The van der Waals surface area contributed by atoms with Crippen molar-refractivity contribution in [2.75, 3.05) is 18.6 Å². The zero-order chi connectivity index (χ0) is 23.9. The molecule has 174 valence electrons. The molecule has 2 heterocycles. The molecular weight excluding hydrogens is 500 g/mol. The standard InChI is InChI=1S/C26H29BrN2O3S/c1-6-29-21-13-22(32-5)18(11-20(21)16(2)14-26(29,3)4)12-23-24(30)28(25(31)33-23)15-17-7-9-19(27)10-8-17/h7-13,16H,6,14-15H2,1-5H3/b23-12+. The number of anilines is 1. The monoisotopic (exact) mass is 528 g/mol. The summed E-state index contributed by atoms with van der Waals surface area (Å²) in [6.45, 7) is 10.1. The van der Waals surface area contributed by atoms with Crippen molar-refractivity contribution in [3.05, 3.63) is 62.5 Å². The summed E-state index contributed by atoms with van der Waals surface area (Å²) in [6.07, 6.45) is 2.84. The number of halogens is 1. The number of thioether (sulfide) groups is 1. The van der Waals surface area contributed by atoms with Gasteiger partial charge < -0.3 is 9.64 Å². The highest BCUT2D eigenvalue weighted by molar-refractivity contribution is 9.10. The van der Waals surface area contributed by atoms with Crippen LogP contribution in [0.25, 0.3) is 6.08 Å². The van der Waals surface area contributed by atoms with Gasteiger partial charge in [0.05, 0.1) is 18.6 Å². The fraction of sp³-hybridized carbons (Fsp3) is 0.385. The summed E-state index contributed by atoms with van der Waals surface area (Å²) in [6, 6.07) is 11.8. The molecule has 2 aromatic rings. The van der Waals surface area contributed by atoms with Crippen molar-refractivity contribution in [3.63, 3.8) is 0 Å². The van der Waals surface area contributed by atoms with E-state index in [1.54, 1.807) is 13.2 Å². The van der Waals surface area contributed by atoms with Gasteiger partial charge in [0.15, 0.2) is 0 Å². The van der Waals surface area contributed by atoms with Crippen LogP contribution in [0.4, 0.5) is 10.5 Å². The Labute approximate surface area is 208 Å². The van der Waals surface area contributed by atoms with Gasteiger partial charge in [-0.1, -0.05) is 35.0 Å². The van der Waals surface area contributed by atoms with Crippen LogP contribution in [-0.4, -0.2) is 35.2 Å². The van der Waals surface area contributed by atoms with Gasteiger partial charge in [-0.05, 0) is 80.3 Å². The van der Waals surface area contributed by atoms with Crippen molar-refractivity contribution in [1.29, 1.82) is 0 Å². The first-order chi connectivity index (χ1) is 15.6. The van der Waals surface area contributed by atoms with Gasteiger partial charge in [-0.3, -0.25) is 14.5 Å². The molecule has 1 fully saturated rings. The van der Waals surface area contributed by atoms with E-state index in [4.69, 9.17) is 4.74 Å².